The second kappa shape index (κ2) is 6.30. The maximum Gasteiger partial charge on any atom is 0.270 e. The Morgan fingerprint density at radius 1 is 1.09 bits per heavy atom. The molecule has 4 nitrogen and oxygen atoms in total. The average molecular weight is 296 g/mol. The molecule has 0 aromatic heterocycles. The predicted octanol–water partition coefficient (Wildman–Crippen LogP) is 2.66. The molecule has 2 aromatic rings. The Balaban J connectivity index is 1.85. The van der Waals surface area contributed by atoms with Crippen molar-refractivity contribution >= 4 is 5.91 Å². The molecule has 0 spiro atoms. The highest BCUT2D eigenvalue weighted by Gasteiger charge is 2.39. The Labute approximate surface area is 130 Å². The van der Waals surface area contributed by atoms with Crippen LogP contribution in [0.3, 0.4) is 0 Å². The van der Waals surface area contributed by atoms with Gasteiger partial charge in [-0.05, 0) is 24.6 Å². The van der Waals surface area contributed by atoms with Crippen molar-refractivity contribution in [1.29, 1.82) is 0 Å². The second-order valence-electron chi connectivity index (χ2n) is 5.66. The highest BCUT2D eigenvalue weighted by Crippen LogP contribution is 2.27. The molecule has 1 amide bonds. The Hall–Kier alpha value is -2.17. The summed E-state index contributed by atoms with van der Waals surface area (Å²) in [6.07, 6.45) is -0.211. The van der Waals surface area contributed by atoms with Crippen molar-refractivity contribution in [2.24, 2.45) is 0 Å². The second-order valence-corrected chi connectivity index (χ2v) is 5.66. The van der Waals surface area contributed by atoms with E-state index in [1.165, 1.54) is 5.01 Å². The summed E-state index contributed by atoms with van der Waals surface area (Å²) in [5.41, 5.74) is 1.71. The summed E-state index contributed by atoms with van der Waals surface area (Å²) < 4.78 is 0. The standard InChI is InChI=1S/C18H20N2O2/c1-14-12-17(21)20(18(22)16-10-6-3-7-11-16)19(14)13-15-8-4-2-5-9-15/h2-11,14,17,21H,12-13H2,1H3/t14-,17+/m1/s1. The van der Waals surface area contributed by atoms with Crippen molar-refractivity contribution < 1.29 is 9.90 Å². The van der Waals surface area contributed by atoms with Crippen LogP contribution in [0.4, 0.5) is 0 Å². The van der Waals surface area contributed by atoms with Gasteiger partial charge in [0, 0.05) is 24.6 Å². The van der Waals surface area contributed by atoms with E-state index >= 15 is 0 Å². The molecule has 1 N–H and O–H groups in total. The summed E-state index contributed by atoms with van der Waals surface area (Å²) in [5.74, 6) is -0.159. The number of rotatable bonds is 3. The molecule has 114 valence electrons. The summed E-state index contributed by atoms with van der Waals surface area (Å²) in [4.78, 5) is 12.7. The molecule has 22 heavy (non-hydrogen) atoms. The minimum Gasteiger partial charge on any atom is -0.372 e. The molecule has 2 atom stereocenters. The van der Waals surface area contributed by atoms with Crippen LogP contribution in [0.5, 0.6) is 0 Å². The van der Waals surface area contributed by atoms with Crippen molar-refractivity contribution in [3.8, 4) is 0 Å². The molecule has 0 bridgehead atoms. The molecule has 1 aliphatic rings. The lowest BCUT2D eigenvalue weighted by Crippen LogP contribution is -2.46. The zero-order chi connectivity index (χ0) is 15.5. The van der Waals surface area contributed by atoms with Crippen LogP contribution in [-0.2, 0) is 6.54 Å². The van der Waals surface area contributed by atoms with Gasteiger partial charge in [0.15, 0.2) is 0 Å². The number of nitrogens with zero attached hydrogens (tertiary/aromatic N) is 2. The lowest BCUT2D eigenvalue weighted by Gasteiger charge is -2.32. The van der Waals surface area contributed by atoms with Crippen LogP contribution in [0.2, 0.25) is 0 Å². The maximum atomic E-state index is 12.7. The molecular weight excluding hydrogens is 276 g/mol. The Bertz CT molecular complexity index is 630. The van der Waals surface area contributed by atoms with E-state index in [0.717, 1.165) is 5.56 Å². The van der Waals surface area contributed by atoms with Crippen molar-refractivity contribution in [3.63, 3.8) is 0 Å². The van der Waals surface area contributed by atoms with Gasteiger partial charge in [-0.3, -0.25) is 4.79 Å². The number of hydrazine groups is 1. The highest BCUT2D eigenvalue weighted by molar-refractivity contribution is 5.94. The minimum absolute atomic E-state index is 0.114. The normalized spacial score (nSPS) is 22.0. The van der Waals surface area contributed by atoms with E-state index in [4.69, 9.17) is 0 Å². The quantitative estimate of drug-likeness (QED) is 0.947. The number of carbonyl (C=O) groups is 1. The summed E-state index contributed by atoms with van der Waals surface area (Å²) in [7, 11) is 0. The molecule has 1 heterocycles. The Kier molecular flexibility index (Phi) is 4.22. The minimum atomic E-state index is -0.772. The summed E-state index contributed by atoms with van der Waals surface area (Å²) >= 11 is 0. The molecule has 1 fully saturated rings. The van der Waals surface area contributed by atoms with Crippen molar-refractivity contribution in [2.75, 3.05) is 0 Å². The zero-order valence-corrected chi connectivity index (χ0v) is 12.6. The van der Waals surface area contributed by atoms with Gasteiger partial charge in [0.25, 0.3) is 5.91 Å². The van der Waals surface area contributed by atoms with Crippen molar-refractivity contribution in [3.05, 3.63) is 71.8 Å². The number of amides is 1. The smallest absolute Gasteiger partial charge is 0.270 e. The number of carbonyl (C=O) groups excluding carboxylic acids is 1. The van der Waals surface area contributed by atoms with Crippen LogP contribution >= 0.6 is 0 Å². The predicted molar refractivity (Wildman–Crippen MR) is 84.7 cm³/mol. The number of hydrogen-bond acceptors (Lipinski definition) is 3. The van der Waals surface area contributed by atoms with Gasteiger partial charge in [-0.1, -0.05) is 48.5 Å². The monoisotopic (exact) mass is 296 g/mol. The molecule has 0 unspecified atom stereocenters. The molecule has 3 rings (SSSR count). The Morgan fingerprint density at radius 3 is 2.32 bits per heavy atom. The van der Waals surface area contributed by atoms with Gasteiger partial charge < -0.3 is 5.11 Å². The fraction of sp³-hybridized carbons (Fsp3) is 0.278. The molecule has 0 aliphatic carbocycles. The van der Waals surface area contributed by atoms with Crippen LogP contribution in [0.1, 0.15) is 29.3 Å². The number of benzene rings is 2. The maximum absolute atomic E-state index is 12.7. The molecule has 0 saturated carbocycles. The SMILES string of the molecule is C[C@@H]1C[C@H](O)N(C(=O)c2ccccc2)N1Cc1ccccc1. The topological polar surface area (TPSA) is 43.8 Å². The van der Waals surface area contributed by atoms with E-state index in [0.29, 0.717) is 18.5 Å². The lowest BCUT2D eigenvalue weighted by molar-refractivity contribution is -0.0677. The molecule has 0 radical (unpaired) electrons. The van der Waals surface area contributed by atoms with Gasteiger partial charge in [0.2, 0.25) is 0 Å². The third-order valence-corrected chi connectivity index (χ3v) is 4.04. The van der Waals surface area contributed by atoms with Gasteiger partial charge in [0.05, 0.1) is 0 Å². The van der Waals surface area contributed by atoms with E-state index in [2.05, 4.69) is 0 Å². The zero-order valence-electron chi connectivity index (χ0n) is 12.6. The van der Waals surface area contributed by atoms with Crippen LogP contribution in [-0.4, -0.2) is 33.3 Å². The Morgan fingerprint density at radius 2 is 1.68 bits per heavy atom. The molecule has 4 heteroatoms. The van der Waals surface area contributed by atoms with Gasteiger partial charge in [-0.15, -0.1) is 0 Å². The highest BCUT2D eigenvalue weighted by atomic mass is 16.3. The van der Waals surface area contributed by atoms with E-state index in [-0.39, 0.29) is 11.9 Å². The number of aliphatic hydroxyl groups excluding tert-OH is 1. The lowest BCUT2D eigenvalue weighted by atomic mass is 10.2. The third kappa shape index (κ3) is 2.89. The van der Waals surface area contributed by atoms with Crippen LogP contribution < -0.4 is 0 Å². The van der Waals surface area contributed by atoms with Gasteiger partial charge in [-0.2, -0.15) is 0 Å². The largest absolute Gasteiger partial charge is 0.372 e. The van der Waals surface area contributed by atoms with Crippen LogP contribution in [0.25, 0.3) is 0 Å². The third-order valence-electron chi connectivity index (χ3n) is 4.04. The first-order valence-corrected chi connectivity index (χ1v) is 7.54. The first-order valence-electron chi connectivity index (χ1n) is 7.54. The first-order chi connectivity index (χ1) is 10.7. The fourth-order valence-corrected chi connectivity index (χ4v) is 2.88. The number of aliphatic hydroxyl groups is 1. The summed E-state index contributed by atoms with van der Waals surface area (Å²) in [5, 5.41) is 13.7. The molecule has 2 aromatic carbocycles. The van der Waals surface area contributed by atoms with Crippen LogP contribution in [0.15, 0.2) is 60.7 Å². The van der Waals surface area contributed by atoms with Crippen molar-refractivity contribution in [2.45, 2.75) is 32.2 Å². The van der Waals surface area contributed by atoms with E-state index in [9.17, 15) is 9.90 Å². The summed E-state index contributed by atoms with van der Waals surface area (Å²) in [6.45, 7) is 2.64. The van der Waals surface area contributed by atoms with Gasteiger partial charge >= 0.3 is 0 Å². The van der Waals surface area contributed by atoms with Crippen LogP contribution in [0, 0.1) is 0 Å². The number of hydrogen-bond donors (Lipinski definition) is 1. The summed E-state index contributed by atoms with van der Waals surface area (Å²) in [6, 6.07) is 19.2. The van der Waals surface area contributed by atoms with Gasteiger partial charge in [-0.25, -0.2) is 10.0 Å². The molecule has 1 saturated heterocycles. The fourth-order valence-electron chi connectivity index (χ4n) is 2.88. The molecule has 1 aliphatic heterocycles. The first kappa shape index (κ1) is 14.8. The van der Waals surface area contributed by atoms with E-state index < -0.39 is 6.23 Å². The van der Waals surface area contributed by atoms with Crippen molar-refractivity contribution in [1.82, 2.24) is 10.0 Å². The average Bonchev–Trinajstić information content (AvgIpc) is 2.82. The van der Waals surface area contributed by atoms with E-state index in [1.54, 1.807) is 12.1 Å². The molecular formula is C18H20N2O2. The van der Waals surface area contributed by atoms with E-state index in [1.807, 2.05) is 60.5 Å². The van der Waals surface area contributed by atoms with Gasteiger partial charge in [0.1, 0.15) is 6.23 Å².